The van der Waals surface area contributed by atoms with Gasteiger partial charge in [0.25, 0.3) is 0 Å². The molecule has 0 saturated carbocycles. The van der Waals surface area contributed by atoms with Gasteiger partial charge in [0.05, 0.1) is 18.2 Å². The Morgan fingerprint density at radius 1 is 0.931 bits per heavy atom. The fourth-order valence-corrected chi connectivity index (χ4v) is 3.37. The molecule has 3 aromatic carbocycles. The lowest BCUT2D eigenvalue weighted by Gasteiger charge is -2.22. The van der Waals surface area contributed by atoms with E-state index in [0.29, 0.717) is 17.3 Å². The SMILES string of the molecule is CCOC(=O)c1cccc(NC(=S)NC(c2ccccc2)c2ccccc2)c1C. The number of benzene rings is 3. The minimum Gasteiger partial charge on any atom is -0.462 e. The lowest BCUT2D eigenvalue weighted by Crippen LogP contribution is -2.33. The first-order valence-corrected chi connectivity index (χ1v) is 9.95. The van der Waals surface area contributed by atoms with Crippen LogP contribution in [0, 0.1) is 6.92 Å². The molecule has 0 aliphatic heterocycles. The number of thiocarbonyl (C=S) groups is 1. The Morgan fingerprint density at radius 3 is 2.07 bits per heavy atom. The zero-order valence-electron chi connectivity index (χ0n) is 16.5. The largest absolute Gasteiger partial charge is 0.462 e. The van der Waals surface area contributed by atoms with E-state index in [1.165, 1.54) is 0 Å². The summed E-state index contributed by atoms with van der Waals surface area (Å²) in [4.78, 5) is 12.2. The molecular formula is C24H24N2O2S. The molecule has 0 aromatic heterocycles. The third kappa shape index (κ3) is 5.21. The van der Waals surface area contributed by atoms with Crippen molar-refractivity contribution in [2.75, 3.05) is 11.9 Å². The molecule has 0 atom stereocenters. The zero-order valence-corrected chi connectivity index (χ0v) is 17.3. The lowest BCUT2D eigenvalue weighted by molar-refractivity contribution is 0.0525. The van der Waals surface area contributed by atoms with Gasteiger partial charge in [0.1, 0.15) is 0 Å². The summed E-state index contributed by atoms with van der Waals surface area (Å²) in [6.45, 7) is 4.01. The second kappa shape index (κ2) is 9.85. The van der Waals surface area contributed by atoms with Crippen molar-refractivity contribution in [1.82, 2.24) is 5.32 Å². The normalized spacial score (nSPS) is 10.4. The Morgan fingerprint density at radius 2 is 1.52 bits per heavy atom. The summed E-state index contributed by atoms with van der Waals surface area (Å²) in [5.41, 5.74) is 4.32. The Hall–Kier alpha value is -3.18. The number of rotatable bonds is 6. The zero-order chi connectivity index (χ0) is 20.6. The second-order valence-corrected chi connectivity index (χ2v) is 6.96. The molecule has 0 heterocycles. The van der Waals surface area contributed by atoms with Crippen molar-refractivity contribution in [1.29, 1.82) is 0 Å². The van der Waals surface area contributed by atoms with Crippen LogP contribution in [0.1, 0.15) is 40.0 Å². The van der Waals surface area contributed by atoms with Crippen LogP contribution in [-0.4, -0.2) is 17.7 Å². The van der Waals surface area contributed by atoms with Crippen LogP contribution in [0.5, 0.6) is 0 Å². The molecular weight excluding hydrogens is 380 g/mol. The van der Waals surface area contributed by atoms with Gasteiger partial charge in [-0.15, -0.1) is 0 Å². The summed E-state index contributed by atoms with van der Waals surface area (Å²) in [5.74, 6) is -0.334. The maximum absolute atomic E-state index is 12.2. The third-order valence-electron chi connectivity index (χ3n) is 4.62. The Kier molecular flexibility index (Phi) is 6.98. The number of ether oxygens (including phenoxy) is 1. The van der Waals surface area contributed by atoms with Crippen molar-refractivity contribution in [3.8, 4) is 0 Å². The van der Waals surface area contributed by atoms with Crippen LogP contribution >= 0.6 is 12.2 Å². The molecule has 0 spiro atoms. The van der Waals surface area contributed by atoms with E-state index >= 15 is 0 Å². The summed E-state index contributed by atoms with van der Waals surface area (Å²) < 4.78 is 5.13. The number of nitrogens with one attached hydrogen (secondary N) is 2. The van der Waals surface area contributed by atoms with E-state index in [1.807, 2.05) is 55.5 Å². The number of anilines is 1. The first-order valence-electron chi connectivity index (χ1n) is 9.54. The molecule has 5 heteroatoms. The highest BCUT2D eigenvalue weighted by Crippen LogP contribution is 2.23. The van der Waals surface area contributed by atoms with Crippen molar-refractivity contribution in [3.63, 3.8) is 0 Å². The smallest absolute Gasteiger partial charge is 0.338 e. The maximum Gasteiger partial charge on any atom is 0.338 e. The van der Waals surface area contributed by atoms with Gasteiger partial charge in [-0.25, -0.2) is 4.79 Å². The van der Waals surface area contributed by atoms with Crippen LogP contribution in [0.3, 0.4) is 0 Å². The Labute approximate surface area is 176 Å². The minimum atomic E-state index is -0.334. The van der Waals surface area contributed by atoms with E-state index in [1.54, 1.807) is 13.0 Å². The monoisotopic (exact) mass is 404 g/mol. The molecule has 0 amide bonds. The highest BCUT2D eigenvalue weighted by Gasteiger charge is 2.17. The fraction of sp³-hybridized carbons (Fsp3) is 0.167. The fourth-order valence-electron chi connectivity index (χ4n) is 3.14. The van der Waals surface area contributed by atoms with Crippen LogP contribution in [0.15, 0.2) is 78.9 Å². The van der Waals surface area contributed by atoms with Gasteiger partial charge in [0.15, 0.2) is 5.11 Å². The molecule has 0 fully saturated rings. The summed E-state index contributed by atoms with van der Waals surface area (Å²) in [5, 5.41) is 7.11. The minimum absolute atomic E-state index is 0.0917. The molecule has 0 radical (unpaired) electrons. The van der Waals surface area contributed by atoms with Gasteiger partial charge in [-0.1, -0.05) is 66.7 Å². The second-order valence-electron chi connectivity index (χ2n) is 6.55. The summed E-state index contributed by atoms with van der Waals surface area (Å²) in [6, 6.07) is 25.7. The standard InChI is InChI=1S/C24H24N2O2S/c1-3-28-23(27)20-15-10-16-21(17(20)2)25-24(29)26-22(18-11-6-4-7-12-18)19-13-8-5-9-14-19/h4-16,22H,3H2,1-2H3,(H2,25,26,29). The molecule has 0 aliphatic rings. The Balaban J connectivity index is 1.81. The van der Waals surface area contributed by atoms with Crippen LogP contribution in [0.2, 0.25) is 0 Å². The molecule has 0 unspecified atom stereocenters. The van der Waals surface area contributed by atoms with Crippen molar-refractivity contribution in [2.45, 2.75) is 19.9 Å². The summed E-state index contributed by atoms with van der Waals surface area (Å²) >= 11 is 5.59. The molecule has 0 saturated heterocycles. The first-order chi connectivity index (χ1) is 14.1. The third-order valence-corrected chi connectivity index (χ3v) is 4.84. The van der Waals surface area contributed by atoms with Crippen molar-refractivity contribution in [2.24, 2.45) is 0 Å². The van der Waals surface area contributed by atoms with E-state index in [0.717, 1.165) is 22.4 Å². The average molecular weight is 405 g/mol. The predicted octanol–water partition coefficient (Wildman–Crippen LogP) is 5.25. The van der Waals surface area contributed by atoms with Crippen molar-refractivity contribution >= 4 is 29.0 Å². The topological polar surface area (TPSA) is 50.4 Å². The molecule has 4 nitrogen and oxygen atoms in total. The molecule has 2 N–H and O–H groups in total. The Bertz CT molecular complexity index is 935. The van der Waals surface area contributed by atoms with Gasteiger partial charge < -0.3 is 15.4 Å². The van der Waals surface area contributed by atoms with Gasteiger partial charge in [0, 0.05) is 5.69 Å². The first kappa shape index (κ1) is 20.6. The van der Waals surface area contributed by atoms with Gasteiger partial charge in [-0.2, -0.15) is 0 Å². The molecule has 3 rings (SSSR count). The molecule has 0 aliphatic carbocycles. The molecule has 0 bridgehead atoms. The number of carbonyl (C=O) groups excluding carboxylic acids is 1. The van der Waals surface area contributed by atoms with E-state index in [2.05, 4.69) is 34.9 Å². The van der Waals surface area contributed by atoms with Crippen LogP contribution in [0.4, 0.5) is 5.69 Å². The van der Waals surface area contributed by atoms with Gasteiger partial charge in [0.2, 0.25) is 0 Å². The maximum atomic E-state index is 12.2. The number of hydrogen-bond donors (Lipinski definition) is 2. The van der Waals surface area contributed by atoms with E-state index in [4.69, 9.17) is 17.0 Å². The number of carbonyl (C=O) groups is 1. The highest BCUT2D eigenvalue weighted by molar-refractivity contribution is 7.80. The number of esters is 1. The van der Waals surface area contributed by atoms with Crippen molar-refractivity contribution in [3.05, 3.63) is 101 Å². The van der Waals surface area contributed by atoms with Gasteiger partial charge >= 0.3 is 5.97 Å². The predicted molar refractivity (Wildman–Crippen MR) is 121 cm³/mol. The lowest BCUT2D eigenvalue weighted by atomic mass is 9.99. The summed E-state index contributed by atoms with van der Waals surface area (Å²) in [6.07, 6.45) is 0. The molecule has 3 aromatic rings. The highest BCUT2D eigenvalue weighted by atomic mass is 32.1. The number of hydrogen-bond acceptors (Lipinski definition) is 3. The summed E-state index contributed by atoms with van der Waals surface area (Å²) in [7, 11) is 0. The van der Waals surface area contributed by atoms with Gasteiger partial charge in [-0.3, -0.25) is 0 Å². The van der Waals surface area contributed by atoms with E-state index < -0.39 is 0 Å². The van der Waals surface area contributed by atoms with Crippen LogP contribution < -0.4 is 10.6 Å². The van der Waals surface area contributed by atoms with E-state index in [-0.39, 0.29) is 12.0 Å². The van der Waals surface area contributed by atoms with E-state index in [9.17, 15) is 4.79 Å². The quantitative estimate of drug-likeness (QED) is 0.434. The van der Waals surface area contributed by atoms with Crippen LogP contribution in [0.25, 0.3) is 0 Å². The molecule has 148 valence electrons. The molecule has 29 heavy (non-hydrogen) atoms. The van der Waals surface area contributed by atoms with Crippen molar-refractivity contribution < 1.29 is 9.53 Å². The van der Waals surface area contributed by atoms with Gasteiger partial charge in [-0.05, 0) is 54.9 Å². The van der Waals surface area contributed by atoms with Crippen LogP contribution in [-0.2, 0) is 4.74 Å². The average Bonchev–Trinajstić information content (AvgIpc) is 2.75.